The van der Waals surface area contributed by atoms with Crippen molar-refractivity contribution in [1.29, 1.82) is 0 Å². The highest BCUT2D eigenvalue weighted by Gasteiger charge is 2.23. The lowest BCUT2D eigenvalue weighted by Crippen LogP contribution is -2.04. The first-order chi connectivity index (χ1) is 24.3. The molecule has 0 saturated carbocycles. The Hall–Kier alpha value is -6.05. The van der Waals surface area contributed by atoms with Crippen LogP contribution in [0, 0.1) is 0 Å². The molecule has 0 N–H and O–H groups in total. The van der Waals surface area contributed by atoms with Crippen molar-refractivity contribution in [3.63, 3.8) is 0 Å². The highest BCUT2D eigenvalue weighted by atomic mass is 14.8. The van der Waals surface area contributed by atoms with Crippen LogP contribution in [0.3, 0.4) is 0 Å². The van der Waals surface area contributed by atoms with Crippen LogP contribution in [0.4, 0.5) is 5.69 Å². The summed E-state index contributed by atoms with van der Waals surface area (Å²) < 4.78 is 0. The zero-order valence-corrected chi connectivity index (χ0v) is 27.3. The van der Waals surface area contributed by atoms with Gasteiger partial charge in [0.15, 0.2) is 0 Å². The highest BCUT2D eigenvalue weighted by molar-refractivity contribution is 6.21. The van der Waals surface area contributed by atoms with Crippen molar-refractivity contribution >= 4 is 32.9 Å². The average Bonchev–Trinajstić information content (AvgIpc) is 3.38. The summed E-state index contributed by atoms with van der Waals surface area (Å²) in [5.74, 6) is 0.336. The van der Waals surface area contributed by atoms with Crippen molar-refractivity contribution in [3.05, 3.63) is 199 Å². The van der Waals surface area contributed by atoms with E-state index in [1.54, 1.807) is 0 Å². The lowest BCUT2D eigenvalue weighted by molar-refractivity contribution is 0.752. The third-order valence-electron chi connectivity index (χ3n) is 10.1. The Balaban J connectivity index is 1.14. The fraction of sp³-hybridized carbons (Fsp3) is 0.0625. The van der Waals surface area contributed by atoms with E-state index in [1.807, 2.05) is 0 Å². The number of nitrogens with zero attached hydrogens (tertiary/aromatic N) is 1. The normalized spacial score (nSPS) is 14.3. The van der Waals surface area contributed by atoms with Crippen molar-refractivity contribution in [1.82, 2.24) is 0 Å². The number of aliphatic imine (C=N–C) groups is 1. The fourth-order valence-corrected chi connectivity index (χ4v) is 7.83. The standard InChI is InChI=1S/C48H35N/c1-3-14-33(15-4-1)37-18-13-19-38(32-37)48-43-23-9-7-21-41(43)47(42-22-8-10-24-44(42)48)36-28-26-35(27-29-36)45-31-30-39(34-16-5-2-6-17-34)40-20-11-12-25-46(40)49-45/h1-29,32,39H,30-31H2. The van der Waals surface area contributed by atoms with Gasteiger partial charge in [0.2, 0.25) is 0 Å². The molecule has 0 aromatic heterocycles. The summed E-state index contributed by atoms with van der Waals surface area (Å²) in [6.45, 7) is 0. The van der Waals surface area contributed by atoms with E-state index in [-0.39, 0.29) is 0 Å². The molecule has 1 nitrogen and oxygen atoms in total. The lowest BCUT2D eigenvalue weighted by atomic mass is 9.85. The van der Waals surface area contributed by atoms with E-state index in [1.165, 1.54) is 71.6 Å². The smallest absolute Gasteiger partial charge is 0.0671 e. The molecule has 1 heterocycles. The van der Waals surface area contributed by atoms with Gasteiger partial charge in [0.25, 0.3) is 0 Å². The summed E-state index contributed by atoms with van der Waals surface area (Å²) in [7, 11) is 0. The maximum Gasteiger partial charge on any atom is 0.0671 e. The zero-order valence-electron chi connectivity index (χ0n) is 27.3. The van der Waals surface area contributed by atoms with Crippen LogP contribution in [0.15, 0.2) is 187 Å². The molecule has 8 aromatic rings. The van der Waals surface area contributed by atoms with Gasteiger partial charge in [-0.15, -0.1) is 0 Å². The monoisotopic (exact) mass is 625 g/mol. The second-order valence-electron chi connectivity index (χ2n) is 13.0. The molecule has 49 heavy (non-hydrogen) atoms. The SMILES string of the molecule is c1ccc(-c2cccc(-c3c4ccccc4c(-c4ccc(C5=Nc6ccccc6C(c6ccccc6)CC5)cc4)c4ccccc34)c2)cc1. The third kappa shape index (κ3) is 5.34. The molecule has 1 aliphatic heterocycles. The summed E-state index contributed by atoms with van der Waals surface area (Å²) >= 11 is 0. The lowest BCUT2D eigenvalue weighted by Gasteiger charge is -2.18. The highest BCUT2D eigenvalue weighted by Crippen LogP contribution is 2.44. The number of hydrogen-bond donors (Lipinski definition) is 0. The minimum Gasteiger partial charge on any atom is -0.253 e. The minimum atomic E-state index is 0.336. The van der Waals surface area contributed by atoms with Crippen LogP contribution >= 0.6 is 0 Å². The summed E-state index contributed by atoms with van der Waals surface area (Å²) in [6.07, 6.45) is 1.96. The van der Waals surface area contributed by atoms with Gasteiger partial charge in [-0.3, -0.25) is 4.99 Å². The van der Waals surface area contributed by atoms with Crippen molar-refractivity contribution in [2.75, 3.05) is 0 Å². The molecule has 0 amide bonds. The molecule has 0 spiro atoms. The molecular weight excluding hydrogens is 591 g/mol. The average molecular weight is 626 g/mol. The molecule has 1 heteroatoms. The molecule has 1 unspecified atom stereocenters. The molecule has 232 valence electrons. The van der Waals surface area contributed by atoms with E-state index in [0.29, 0.717) is 5.92 Å². The number of fused-ring (bicyclic) bond motifs is 3. The first-order valence-corrected chi connectivity index (χ1v) is 17.2. The van der Waals surface area contributed by atoms with Gasteiger partial charge in [-0.25, -0.2) is 0 Å². The number of benzene rings is 8. The van der Waals surface area contributed by atoms with Crippen LogP contribution in [0.2, 0.25) is 0 Å². The van der Waals surface area contributed by atoms with Crippen molar-refractivity contribution in [3.8, 4) is 33.4 Å². The quantitative estimate of drug-likeness (QED) is 0.169. The maximum atomic E-state index is 5.28. The molecule has 0 fully saturated rings. The molecule has 1 atom stereocenters. The summed E-state index contributed by atoms with van der Waals surface area (Å²) in [4.78, 5) is 5.28. The van der Waals surface area contributed by atoms with Gasteiger partial charge in [0.05, 0.1) is 5.69 Å². The molecule has 8 aromatic carbocycles. The maximum absolute atomic E-state index is 5.28. The molecule has 0 radical (unpaired) electrons. The molecule has 0 saturated heterocycles. The van der Waals surface area contributed by atoms with E-state index in [0.717, 1.165) is 24.2 Å². The Morgan fingerprint density at radius 2 is 0.898 bits per heavy atom. The molecule has 9 rings (SSSR count). The van der Waals surface area contributed by atoms with Gasteiger partial charge in [-0.1, -0.05) is 170 Å². The fourth-order valence-electron chi connectivity index (χ4n) is 7.83. The van der Waals surface area contributed by atoms with Crippen LogP contribution in [0.25, 0.3) is 54.9 Å². The minimum absolute atomic E-state index is 0.336. The van der Waals surface area contributed by atoms with E-state index >= 15 is 0 Å². The number of hydrogen-bond acceptors (Lipinski definition) is 1. The molecule has 0 aliphatic carbocycles. The van der Waals surface area contributed by atoms with Gasteiger partial charge in [-0.05, 0) is 96.6 Å². The Morgan fingerprint density at radius 1 is 0.388 bits per heavy atom. The first-order valence-electron chi connectivity index (χ1n) is 17.2. The topological polar surface area (TPSA) is 12.4 Å². The van der Waals surface area contributed by atoms with E-state index in [9.17, 15) is 0 Å². The van der Waals surface area contributed by atoms with Crippen LogP contribution in [-0.4, -0.2) is 5.71 Å². The summed E-state index contributed by atoms with van der Waals surface area (Å²) in [6, 6.07) is 66.1. The van der Waals surface area contributed by atoms with E-state index in [2.05, 4.69) is 182 Å². The van der Waals surface area contributed by atoms with E-state index in [4.69, 9.17) is 4.99 Å². The molecular formula is C48H35N. The second-order valence-corrected chi connectivity index (χ2v) is 13.0. The van der Waals surface area contributed by atoms with Gasteiger partial charge >= 0.3 is 0 Å². The number of para-hydroxylation sites is 1. The van der Waals surface area contributed by atoms with Gasteiger partial charge < -0.3 is 0 Å². The predicted octanol–water partition coefficient (Wildman–Crippen LogP) is 13.0. The summed E-state index contributed by atoms with van der Waals surface area (Å²) in [5.41, 5.74) is 13.6. The third-order valence-corrected chi connectivity index (χ3v) is 10.1. The summed E-state index contributed by atoms with van der Waals surface area (Å²) in [5, 5.41) is 5.06. The van der Waals surface area contributed by atoms with E-state index < -0.39 is 0 Å². The zero-order chi connectivity index (χ0) is 32.6. The van der Waals surface area contributed by atoms with Crippen molar-refractivity contribution in [2.24, 2.45) is 4.99 Å². The van der Waals surface area contributed by atoms with Crippen LogP contribution in [0.5, 0.6) is 0 Å². The van der Waals surface area contributed by atoms with Crippen molar-refractivity contribution in [2.45, 2.75) is 18.8 Å². The Kier molecular flexibility index (Phi) is 7.44. The van der Waals surface area contributed by atoms with Crippen LogP contribution < -0.4 is 0 Å². The second kappa shape index (κ2) is 12.5. The predicted molar refractivity (Wildman–Crippen MR) is 208 cm³/mol. The molecule has 1 aliphatic rings. The Morgan fingerprint density at radius 3 is 1.57 bits per heavy atom. The number of rotatable bonds is 5. The van der Waals surface area contributed by atoms with Crippen molar-refractivity contribution < 1.29 is 0 Å². The van der Waals surface area contributed by atoms with Crippen LogP contribution in [0.1, 0.15) is 35.4 Å². The van der Waals surface area contributed by atoms with Gasteiger partial charge in [0.1, 0.15) is 0 Å². The molecule has 0 bridgehead atoms. The Labute approximate surface area is 287 Å². The first kappa shape index (κ1) is 29.1. The Bertz CT molecular complexity index is 2420. The van der Waals surface area contributed by atoms with Crippen LogP contribution in [-0.2, 0) is 0 Å². The van der Waals surface area contributed by atoms with Gasteiger partial charge in [0, 0.05) is 11.6 Å². The van der Waals surface area contributed by atoms with Gasteiger partial charge in [-0.2, -0.15) is 0 Å². The largest absolute Gasteiger partial charge is 0.253 e.